The molecule has 0 amide bonds. The van der Waals surface area contributed by atoms with Gasteiger partial charge >= 0.3 is 0 Å². The van der Waals surface area contributed by atoms with Crippen LogP contribution >= 0.6 is 0 Å². The second-order valence-electron chi connectivity index (χ2n) is 5.48. The van der Waals surface area contributed by atoms with E-state index in [1.165, 1.54) is 25.7 Å². The van der Waals surface area contributed by atoms with Crippen LogP contribution in [0, 0.1) is 11.3 Å². The van der Waals surface area contributed by atoms with Crippen LogP contribution in [0.3, 0.4) is 0 Å². The van der Waals surface area contributed by atoms with E-state index >= 15 is 0 Å². The van der Waals surface area contributed by atoms with Gasteiger partial charge in [-0.05, 0) is 18.6 Å². The quantitative estimate of drug-likeness (QED) is 0.548. The maximum atomic E-state index is 12.3. The topological polar surface area (TPSA) is 56.6 Å². The van der Waals surface area contributed by atoms with Gasteiger partial charge in [0.15, 0.2) is 5.78 Å². The summed E-state index contributed by atoms with van der Waals surface area (Å²) in [6.45, 7) is 2.20. The van der Waals surface area contributed by atoms with Crippen LogP contribution in [0.2, 0.25) is 0 Å². The molecule has 0 fully saturated rings. The molecule has 0 aliphatic carbocycles. The number of aromatic nitrogens is 1. The van der Waals surface area contributed by atoms with Crippen LogP contribution in [0.15, 0.2) is 24.4 Å². The molecule has 0 atom stereocenters. The second kappa shape index (κ2) is 7.64. The minimum Gasteiger partial charge on any atom is -0.360 e. The van der Waals surface area contributed by atoms with Crippen LogP contribution < -0.4 is 0 Å². The number of nitrogens with zero attached hydrogens (tertiary/aromatic N) is 1. The van der Waals surface area contributed by atoms with Crippen LogP contribution in [0.5, 0.6) is 0 Å². The number of unbranched alkanes of at least 4 members (excludes halogenated alkanes) is 5. The maximum absolute atomic E-state index is 12.3. The third-order valence-electron chi connectivity index (χ3n) is 3.88. The van der Waals surface area contributed by atoms with E-state index in [9.17, 15) is 10.1 Å². The van der Waals surface area contributed by atoms with Gasteiger partial charge in [-0.2, -0.15) is 5.26 Å². The summed E-state index contributed by atoms with van der Waals surface area (Å²) in [6.07, 6.45) is 9.34. The molecule has 2 aromatic rings. The van der Waals surface area contributed by atoms with E-state index in [1.807, 2.05) is 12.1 Å². The Hall–Kier alpha value is -2.08. The molecular formula is C18H22N2O. The third kappa shape index (κ3) is 3.72. The number of ketones is 1. The van der Waals surface area contributed by atoms with Gasteiger partial charge < -0.3 is 4.98 Å². The number of nitriles is 1. The lowest BCUT2D eigenvalue weighted by atomic mass is 10.0. The average Bonchev–Trinajstić information content (AvgIpc) is 2.94. The van der Waals surface area contributed by atoms with Crippen molar-refractivity contribution in [3.8, 4) is 6.07 Å². The minimum absolute atomic E-state index is 0.138. The molecule has 110 valence electrons. The molecule has 0 radical (unpaired) electrons. The Morgan fingerprint density at radius 1 is 1.19 bits per heavy atom. The molecule has 1 N–H and O–H groups in total. The van der Waals surface area contributed by atoms with Crippen molar-refractivity contribution in [2.24, 2.45) is 0 Å². The van der Waals surface area contributed by atoms with Gasteiger partial charge in [-0.3, -0.25) is 4.79 Å². The van der Waals surface area contributed by atoms with Crippen molar-refractivity contribution in [3.63, 3.8) is 0 Å². The molecule has 1 aromatic carbocycles. The second-order valence-corrected chi connectivity index (χ2v) is 5.48. The van der Waals surface area contributed by atoms with Gasteiger partial charge in [0, 0.05) is 29.1 Å². The Morgan fingerprint density at radius 2 is 1.95 bits per heavy atom. The summed E-state index contributed by atoms with van der Waals surface area (Å²) in [5, 5.41) is 9.96. The van der Waals surface area contributed by atoms with E-state index in [-0.39, 0.29) is 5.78 Å². The molecule has 0 saturated heterocycles. The number of carbonyl (C=O) groups excluding carboxylic acids is 1. The van der Waals surface area contributed by atoms with E-state index < -0.39 is 0 Å². The highest BCUT2D eigenvalue weighted by molar-refractivity contribution is 6.09. The summed E-state index contributed by atoms with van der Waals surface area (Å²) in [5.41, 5.74) is 2.09. The lowest BCUT2D eigenvalue weighted by molar-refractivity contribution is 0.0980. The predicted molar refractivity (Wildman–Crippen MR) is 85.3 cm³/mol. The van der Waals surface area contributed by atoms with E-state index in [4.69, 9.17) is 0 Å². The van der Waals surface area contributed by atoms with Crippen molar-refractivity contribution in [1.82, 2.24) is 4.98 Å². The van der Waals surface area contributed by atoms with Crippen LogP contribution in [-0.4, -0.2) is 10.8 Å². The summed E-state index contributed by atoms with van der Waals surface area (Å²) < 4.78 is 0. The number of Topliss-reactive ketones (excluding diaryl/α,β-unsaturated/α-hetero) is 1. The number of benzene rings is 1. The zero-order valence-corrected chi connectivity index (χ0v) is 12.6. The monoisotopic (exact) mass is 282 g/mol. The van der Waals surface area contributed by atoms with Gasteiger partial charge in [0.25, 0.3) is 0 Å². The lowest BCUT2D eigenvalue weighted by Gasteiger charge is -2.02. The molecule has 3 nitrogen and oxygen atoms in total. The number of carbonyl (C=O) groups is 1. The molecule has 1 heterocycles. The molecule has 3 heteroatoms. The normalized spacial score (nSPS) is 10.7. The fraction of sp³-hybridized carbons (Fsp3) is 0.444. The maximum Gasteiger partial charge on any atom is 0.165 e. The van der Waals surface area contributed by atoms with Crippen molar-refractivity contribution in [3.05, 3.63) is 35.5 Å². The van der Waals surface area contributed by atoms with E-state index in [1.54, 1.807) is 12.3 Å². The Morgan fingerprint density at radius 3 is 2.71 bits per heavy atom. The minimum atomic E-state index is 0.138. The highest BCUT2D eigenvalue weighted by Gasteiger charge is 2.14. The van der Waals surface area contributed by atoms with Crippen molar-refractivity contribution >= 4 is 16.7 Å². The van der Waals surface area contributed by atoms with Gasteiger partial charge in [0.2, 0.25) is 0 Å². The largest absolute Gasteiger partial charge is 0.360 e. The summed E-state index contributed by atoms with van der Waals surface area (Å²) in [6, 6.07) is 7.66. The van der Waals surface area contributed by atoms with Gasteiger partial charge in [0.05, 0.1) is 11.6 Å². The summed E-state index contributed by atoms with van der Waals surface area (Å²) in [7, 11) is 0. The number of hydrogen-bond donors (Lipinski definition) is 1. The zero-order chi connectivity index (χ0) is 15.1. The first-order valence-corrected chi connectivity index (χ1v) is 7.81. The number of rotatable bonds is 8. The van der Waals surface area contributed by atoms with Crippen LogP contribution in [-0.2, 0) is 0 Å². The van der Waals surface area contributed by atoms with Gasteiger partial charge in [-0.25, -0.2) is 0 Å². The third-order valence-corrected chi connectivity index (χ3v) is 3.88. The molecule has 21 heavy (non-hydrogen) atoms. The van der Waals surface area contributed by atoms with E-state index in [0.29, 0.717) is 17.5 Å². The first-order chi connectivity index (χ1) is 10.3. The summed E-state index contributed by atoms with van der Waals surface area (Å²) >= 11 is 0. The van der Waals surface area contributed by atoms with Crippen molar-refractivity contribution in [2.75, 3.05) is 0 Å². The zero-order valence-electron chi connectivity index (χ0n) is 12.6. The first kappa shape index (κ1) is 15.3. The van der Waals surface area contributed by atoms with Crippen LogP contribution in [0.4, 0.5) is 0 Å². The number of fused-ring (bicyclic) bond motifs is 1. The fourth-order valence-electron chi connectivity index (χ4n) is 2.70. The molecule has 0 bridgehead atoms. The van der Waals surface area contributed by atoms with Crippen molar-refractivity contribution < 1.29 is 4.79 Å². The number of hydrogen-bond acceptors (Lipinski definition) is 2. The standard InChI is InChI=1S/C18H22N2O/c1-2-3-4-5-6-7-11-17(21)15-13-20-16-10-8-9-14(12-19)18(15)16/h8-10,13,20H,2-7,11H2,1H3. The number of aromatic amines is 1. The Labute approximate surface area is 126 Å². The lowest BCUT2D eigenvalue weighted by Crippen LogP contribution is -1.98. The molecule has 2 rings (SSSR count). The average molecular weight is 282 g/mol. The number of nitrogens with one attached hydrogen (secondary N) is 1. The summed E-state index contributed by atoms with van der Waals surface area (Å²) in [4.78, 5) is 15.4. The van der Waals surface area contributed by atoms with Crippen LogP contribution in [0.1, 0.15) is 67.8 Å². The SMILES string of the molecule is CCCCCCCCC(=O)c1c[nH]c2cccc(C#N)c12. The number of H-pyrrole nitrogens is 1. The van der Waals surface area contributed by atoms with Gasteiger partial charge in [-0.15, -0.1) is 0 Å². The first-order valence-electron chi connectivity index (χ1n) is 7.81. The van der Waals surface area contributed by atoms with Gasteiger partial charge in [-0.1, -0.05) is 45.1 Å². The molecular weight excluding hydrogens is 260 g/mol. The van der Waals surface area contributed by atoms with Gasteiger partial charge in [0.1, 0.15) is 0 Å². The molecule has 1 aromatic heterocycles. The molecule has 0 spiro atoms. The highest BCUT2D eigenvalue weighted by atomic mass is 16.1. The van der Waals surface area contributed by atoms with Crippen molar-refractivity contribution in [1.29, 1.82) is 5.26 Å². The molecule has 0 aliphatic rings. The van der Waals surface area contributed by atoms with Crippen molar-refractivity contribution in [2.45, 2.75) is 51.9 Å². The molecule has 0 unspecified atom stereocenters. The molecule has 0 saturated carbocycles. The smallest absolute Gasteiger partial charge is 0.165 e. The predicted octanol–water partition coefficient (Wildman–Crippen LogP) is 4.97. The highest BCUT2D eigenvalue weighted by Crippen LogP contribution is 2.24. The Kier molecular flexibility index (Phi) is 5.57. The van der Waals surface area contributed by atoms with Crippen LogP contribution in [0.25, 0.3) is 10.9 Å². The Balaban J connectivity index is 1.99. The summed E-state index contributed by atoms with van der Waals surface area (Å²) in [5.74, 6) is 0.138. The molecule has 0 aliphatic heterocycles. The van der Waals surface area contributed by atoms with E-state index in [2.05, 4.69) is 18.0 Å². The Bertz CT molecular complexity index is 649. The fourth-order valence-corrected chi connectivity index (χ4v) is 2.70. The van der Waals surface area contributed by atoms with E-state index in [0.717, 1.165) is 23.7 Å².